The molecule has 0 aromatic rings. The molecule has 4 heteroatoms. The topological polar surface area (TPSA) is 71.4 Å². The molecular weight excluding hydrogens is 244 g/mol. The van der Waals surface area contributed by atoms with Crippen molar-refractivity contribution in [3.63, 3.8) is 0 Å². The molecule has 0 amide bonds. The van der Waals surface area contributed by atoms with E-state index >= 15 is 0 Å². The maximum atomic E-state index is 12.3. The van der Waals surface area contributed by atoms with Gasteiger partial charge in [0.15, 0.2) is 0 Å². The van der Waals surface area contributed by atoms with Gasteiger partial charge in [0.2, 0.25) is 0 Å². The monoisotopic (exact) mass is 264 g/mol. The van der Waals surface area contributed by atoms with Crippen LogP contribution in [0.1, 0.15) is 45.4 Å². The van der Waals surface area contributed by atoms with E-state index in [1.165, 1.54) is 0 Å². The van der Waals surface area contributed by atoms with Crippen molar-refractivity contribution in [2.75, 3.05) is 0 Å². The Morgan fingerprint density at radius 2 is 1.95 bits per heavy atom. The quantitative estimate of drug-likeness (QED) is 0.736. The van der Waals surface area contributed by atoms with E-state index in [9.17, 15) is 14.4 Å². The number of hydrogen-bond donors (Lipinski definition) is 1. The highest BCUT2D eigenvalue weighted by Crippen LogP contribution is 2.57. The smallest absolute Gasteiger partial charge is 0.314 e. The lowest BCUT2D eigenvalue weighted by Gasteiger charge is -2.47. The van der Waals surface area contributed by atoms with Crippen LogP contribution in [0.3, 0.4) is 0 Å². The summed E-state index contributed by atoms with van der Waals surface area (Å²) in [5.41, 5.74) is -0.239. The minimum Gasteiger partial charge on any atom is -0.481 e. The summed E-state index contributed by atoms with van der Waals surface area (Å²) < 4.78 is 0. The van der Waals surface area contributed by atoms with Gasteiger partial charge in [-0.2, -0.15) is 0 Å². The third-order valence-corrected chi connectivity index (χ3v) is 5.94. The zero-order chi connectivity index (χ0) is 13.8. The average molecular weight is 264 g/mol. The summed E-state index contributed by atoms with van der Waals surface area (Å²) in [6, 6.07) is 0. The Balaban J connectivity index is 1.87. The molecule has 3 aliphatic rings. The van der Waals surface area contributed by atoms with E-state index in [0.717, 1.165) is 19.3 Å². The maximum Gasteiger partial charge on any atom is 0.314 e. The van der Waals surface area contributed by atoms with Crippen LogP contribution in [-0.2, 0) is 14.4 Å². The second-order valence-corrected chi connectivity index (χ2v) is 6.67. The van der Waals surface area contributed by atoms with E-state index < -0.39 is 11.9 Å². The van der Waals surface area contributed by atoms with E-state index in [4.69, 9.17) is 5.11 Å². The zero-order valence-corrected chi connectivity index (χ0v) is 11.2. The first-order valence-electron chi connectivity index (χ1n) is 7.25. The molecule has 5 atom stereocenters. The first kappa shape index (κ1) is 12.8. The molecule has 4 nitrogen and oxygen atoms in total. The largest absolute Gasteiger partial charge is 0.481 e. The van der Waals surface area contributed by atoms with E-state index in [-0.39, 0.29) is 23.0 Å². The lowest BCUT2D eigenvalue weighted by atomic mass is 9.55. The molecule has 0 radical (unpaired) electrons. The molecule has 0 aromatic carbocycles. The van der Waals surface area contributed by atoms with Gasteiger partial charge in [-0.3, -0.25) is 14.4 Å². The second kappa shape index (κ2) is 4.15. The van der Waals surface area contributed by atoms with Crippen LogP contribution >= 0.6 is 0 Å². The summed E-state index contributed by atoms with van der Waals surface area (Å²) in [6.45, 7) is 2.05. The molecule has 0 saturated heterocycles. The fourth-order valence-corrected chi connectivity index (χ4v) is 4.82. The van der Waals surface area contributed by atoms with Gasteiger partial charge in [-0.05, 0) is 43.9 Å². The third-order valence-electron chi connectivity index (χ3n) is 5.94. The first-order chi connectivity index (χ1) is 8.95. The van der Waals surface area contributed by atoms with Crippen LogP contribution in [0.2, 0.25) is 0 Å². The SMILES string of the molecule is C[C@]12CCC3C(=O)C(C(=O)O)CC[C@H]3[C@@H]1CCC2=O. The maximum absolute atomic E-state index is 12.3. The second-order valence-electron chi connectivity index (χ2n) is 6.67. The molecule has 2 unspecified atom stereocenters. The summed E-state index contributed by atoms with van der Waals surface area (Å²) in [7, 11) is 0. The Morgan fingerprint density at radius 3 is 2.63 bits per heavy atom. The molecule has 0 bridgehead atoms. The molecular formula is C15H20O4. The lowest BCUT2D eigenvalue weighted by molar-refractivity contribution is -0.154. The van der Waals surface area contributed by atoms with Crippen molar-refractivity contribution < 1.29 is 19.5 Å². The molecule has 104 valence electrons. The number of fused-ring (bicyclic) bond motifs is 3. The number of carboxylic acids is 1. The number of carboxylic acid groups (broad SMARTS) is 1. The minimum absolute atomic E-state index is 0.0786. The predicted molar refractivity (Wildman–Crippen MR) is 67.4 cm³/mol. The number of hydrogen-bond acceptors (Lipinski definition) is 3. The first-order valence-corrected chi connectivity index (χ1v) is 7.25. The molecule has 0 spiro atoms. The number of carbonyl (C=O) groups excluding carboxylic acids is 2. The van der Waals surface area contributed by atoms with Crippen LogP contribution in [0.15, 0.2) is 0 Å². The van der Waals surface area contributed by atoms with Crippen molar-refractivity contribution in [2.45, 2.75) is 45.4 Å². The van der Waals surface area contributed by atoms with Gasteiger partial charge in [0, 0.05) is 17.8 Å². The number of aliphatic carboxylic acids is 1. The molecule has 0 aromatic heterocycles. The molecule has 1 N–H and O–H groups in total. The molecule has 3 rings (SSSR count). The summed E-state index contributed by atoms with van der Waals surface area (Å²) in [5.74, 6) is -1.07. The van der Waals surface area contributed by atoms with E-state index in [0.29, 0.717) is 31.0 Å². The van der Waals surface area contributed by atoms with Crippen molar-refractivity contribution in [2.24, 2.45) is 29.1 Å². The van der Waals surface area contributed by atoms with Crippen LogP contribution in [0, 0.1) is 29.1 Å². The zero-order valence-electron chi connectivity index (χ0n) is 11.2. The highest BCUT2D eigenvalue weighted by Gasteiger charge is 2.57. The van der Waals surface area contributed by atoms with Gasteiger partial charge >= 0.3 is 5.97 Å². The Kier molecular flexibility index (Phi) is 2.80. The van der Waals surface area contributed by atoms with Gasteiger partial charge < -0.3 is 5.11 Å². The standard InChI is InChI=1S/C15H20O4/c1-15-7-6-9-8(11(15)4-5-12(15)16)2-3-10(13(9)17)14(18)19/h8-11H,2-7H2,1H3,(H,18,19)/t8-,9?,10?,11+,15+/m1/s1. The van der Waals surface area contributed by atoms with Crippen LogP contribution < -0.4 is 0 Å². The Bertz CT molecular complexity index is 455. The fraction of sp³-hybridized carbons (Fsp3) is 0.800. The minimum atomic E-state index is -0.973. The van der Waals surface area contributed by atoms with Crippen molar-refractivity contribution in [3.8, 4) is 0 Å². The van der Waals surface area contributed by atoms with Gasteiger partial charge in [-0.1, -0.05) is 6.92 Å². The highest BCUT2D eigenvalue weighted by atomic mass is 16.4. The number of ketones is 2. The van der Waals surface area contributed by atoms with Gasteiger partial charge in [0.25, 0.3) is 0 Å². The Labute approximate surface area is 112 Å². The summed E-state index contributed by atoms with van der Waals surface area (Å²) >= 11 is 0. The molecule has 0 aliphatic heterocycles. The van der Waals surface area contributed by atoms with E-state index in [1.54, 1.807) is 0 Å². The molecule has 3 fully saturated rings. The van der Waals surface area contributed by atoms with Gasteiger partial charge in [-0.25, -0.2) is 0 Å². The fourth-order valence-electron chi connectivity index (χ4n) is 4.82. The Hall–Kier alpha value is -1.19. The Morgan fingerprint density at radius 1 is 1.21 bits per heavy atom. The van der Waals surface area contributed by atoms with Crippen molar-refractivity contribution in [1.82, 2.24) is 0 Å². The molecule has 3 saturated carbocycles. The van der Waals surface area contributed by atoms with E-state index in [2.05, 4.69) is 6.92 Å². The summed E-state index contributed by atoms with van der Waals surface area (Å²) in [4.78, 5) is 35.5. The van der Waals surface area contributed by atoms with Gasteiger partial charge in [0.1, 0.15) is 17.5 Å². The summed E-state index contributed by atoms with van der Waals surface area (Å²) in [6.07, 6.45) is 4.24. The average Bonchev–Trinajstić information content (AvgIpc) is 2.66. The van der Waals surface area contributed by atoms with Crippen molar-refractivity contribution in [1.29, 1.82) is 0 Å². The lowest BCUT2D eigenvalue weighted by Crippen LogP contribution is -2.49. The van der Waals surface area contributed by atoms with Crippen molar-refractivity contribution >= 4 is 17.5 Å². The molecule has 3 aliphatic carbocycles. The predicted octanol–water partition coefficient (Wildman–Crippen LogP) is 2.06. The number of carbonyl (C=O) groups is 3. The normalized spacial score (nSPS) is 45.7. The van der Waals surface area contributed by atoms with Crippen LogP contribution in [0.5, 0.6) is 0 Å². The van der Waals surface area contributed by atoms with Gasteiger partial charge in [0.05, 0.1) is 0 Å². The van der Waals surface area contributed by atoms with Crippen molar-refractivity contribution in [3.05, 3.63) is 0 Å². The number of rotatable bonds is 1. The summed E-state index contributed by atoms with van der Waals surface area (Å²) in [5, 5.41) is 9.10. The molecule has 19 heavy (non-hydrogen) atoms. The molecule has 0 heterocycles. The van der Waals surface area contributed by atoms with Gasteiger partial charge in [-0.15, -0.1) is 0 Å². The van der Waals surface area contributed by atoms with Crippen LogP contribution in [0.4, 0.5) is 0 Å². The third kappa shape index (κ3) is 1.68. The van der Waals surface area contributed by atoms with Crippen LogP contribution in [0.25, 0.3) is 0 Å². The van der Waals surface area contributed by atoms with Crippen LogP contribution in [-0.4, -0.2) is 22.6 Å². The highest BCUT2D eigenvalue weighted by molar-refractivity contribution is 6.00. The number of Topliss-reactive ketones (excluding diaryl/α,β-unsaturated/α-hetero) is 2. The van der Waals surface area contributed by atoms with E-state index in [1.807, 2.05) is 0 Å².